The minimum absolute atomic E-state index is 0.0646. The summed E-state index contributed by atoms with van der Waals surface area (Å²) in [5.74, 6) is 0. The summed E-state index contributed by atoms with van der Waals surface area (Å²) in [6.07, 6.45) is 0.876. The molecule has 4 heteroatoms. The summed E-state index contributed by atoms with van der Waals surface area (Å²) in [4.78, 5) is 9.79. The SMILES string of the molecule is CCC(NNC=O)C(C)O. The molecule has 1 amide bonds. The number of nitrogens with one attached hydrogen (secondary N) is 2. The highest BCUT2D eigenvalue weighted by Gasteiger charge is 2.10. The van der Waals surface area contributed by atoms with Gasteiger partial charge in [-0.15, -0.1) is 0 Å². The minimum atomic E-state index is -0.447. The molecule has 0 heterocycles. The van der Waals surface area contributed by atoms with Gasteiger partial charge in [0.1, 0.15) is 0 Å². The maximum absolute atomic E-state index is 9.79. The molecule has 0 aliphatic carbocycles. The molecule has 0 aromatic heterocycles. The van der Waals surface area contributed by atoms with E-state index >= 15 is 0 Å². The molecule has 4 nitrogen and oxygen atoms in total. The molecule has 0 saturated carbocycles. The van der Waals surface area contributed by atoms with Crippen LogP contribution in [-0.2, 0) is 4.79 Å². The lowest BCUT2D eigenvalue weighted by atomic mass is 10.1. The van der Waals surface area contributed by atoms with Crippen LogP contribution in [0.3, 0.4) is 0 Å². The van der Waals surface area contributed by atoms with Crippen LogP contribution >= 0.6 is 0 Å². The second-order valence-corrected chi connectivity index (χ2v) is 2.16. The maximum Gasteiger partial charge on any atom is 0.221 e. The zero-order chi connectivity index (χ0) is 7.98. The molecule has 3 N–H and O–H groups in total. The smallest absolute Gasteiger partial charge is 0.221 e. The molecule has 0 fully saturated rings. The molecular weight excluding hydrogens is 132 g/mol. The first-order valence-corrected chi connectivity index (χ1v) is 3.35. The largest absolute Gasteiger partial charge is 0.392 e. The standard InChI is InChI=1S/C6H14N2O2/c1-3-6(5(2)10)8-7-4-9/h4-6,8,10H,3H2,1-2H3,(H,7,9). The van der Waals surface area contributed by atoms with Gasteiger partial charge in [-0.05, 0) is 13.3 Å². The van der Waals surface area contributed by atoms with Gasteiger partial charge in [0.15, 0.2) is 0 Å². The second kappa shape index (κ2) is 5.20. The molecule has 0 radical (unpaired) electrons. The van der Waals surface area contributed by atoms with Crippen LogP contribution in [0.4, 0.5) is 0 Å². The third kappa shape index (κ3) is 3.42. The van der Waals surface area contributed by atoms with Crippen molar-refractivity contribution in [2.45, 2.75) is 32.4 Å². The van der Waals surface area contributed by atoms with Gasteiger partial charge in [-0.1, -0.05) is 6.92 Å². The summed E-state index contributed by atoms with van der Waals surface area (Å²) in [5.41, 5.74) is 4.94. The molecule has 10 heavy (non-hydrogen) atoms. The number of amides is 1. The first kappa shape index (κ1) is 9.39. The van der Waals surface area contributed by atoms with Crippen LogP contribution < -0.4 is 10.9 Å². The molecule has 0 spiro atoms. The van der Waals surface area contributed by atoms with E-state index in [0.717, 1.165) is 6.42 Å². The minimum Gasteiger partial charge on any atom is -0.392 e. The Hall–Kier alpha value is -0.610. The van der Waals surface area contributed by atoms with Gasteiger partial charge in [-0.25, -0.2) is 5.43 Å². The number of aliphatic hydroxyl groups excluding tert-OH is 1. The van der Waals surface area contributed by atoms with Crippen molar-refractivity contribution in [1.82, 2.24) is 10.9 Å². The topological polar surface area (TPSA) is 61.4 Å². The van der Waals surface area contributed by atoms with Crippen molar-refractivity contribution in [1.29, 1.82) is 0 Å². The van der Waals surface area contributed by atoms with Gasteiger partial charge in [-0.3, -0.25) is 10.2 Å². The van der Waals surface area contributed by atoms with E-state index in [1.807, 2.05) is 6.92 Å². The Morgan fingerprint density at radius 3 is 2.60 bits per heavy atom. The van der Waals surface area contributed by atoms with Gasteiger partial charge in [0, 0.05) is 0 Å². The maximum atomic E-state index is 9.79. The fourth-order valence-corrected chi connectivity index (χ4v) is 0.705. The van der Waals surface area contributed by atoms with Crippen molar-refractivity contribution in [3.05, 3.63) is 0 Å². The van der Waals surface area contributed by atoms with Crippen LogP contribution in [0.15, 0.2) is 0 Å². The van der Waals surface area contributed by atoms with Crippen molar-refractivity contribution < 1.29 is 9.90 Å². The summed E-state index contributed by atoms with van der Waals surface area (Å²) in [6, 6.07) is -0.0646. The average molecular weight is 146 g/mol. The molecule has 0 saturated heterocycles. The number of hydrogen-bond donors (Lipinski definition) is 3. The molecule has 0 aliphatic heterocycles. The molecule has 2 atom stereocenters. The van der Waals surface area contributed by atoms with E-state index in [0.29, 0.717) is 6.41 Å². The molecular formula is C6H14N2O2. The van der Waals surface area contributed by atoms with E-state index in [1.165, 1.54) is 0 Å². The van der Waals surface area contributed by atoms with E-state index in [2.05, 4.69) is 10.9 Å². The number of rotatable bonds is 5. The monoisotopic (exact) mass is 146 g/mol. The van der Waals surface area contributed by atoms with Crippen LogP contribution in [0.1, 0.15) is 20.3 Å². The highest BCUT2D eigenvalue weighted by Crippen LogP contribution is 1.94. The summed E-state index contributed by atoms with van der Waals surface area (Å²) in [5, 5.41) is 9.02. The Balaban J connectivity index is 3.49. The van der Waals surface area contributed by atoms with Crippen LogP contribution in [0, 0.1) is 0 Å². The lowest BCUT2D eigenvalue weighted by molar-refractivity contribution is -0.110. The lowest BCUT2D eigenvalue weighted by Crippen LogP contribution is -2.45. The van der Waals surface area contributed by atoms with Crippen LogP contribution in [-0.4, -0.2) is 23.7 Å². The van der Waals surface area contributed by atoms with Gasteiger partial charge in [-0.2, -0.15) is 0 Å². The molecule has 2 unspecified atom stereocenters. The van der Waals surface area contributed by atoms with Crippen LogP contribution in [0.5, 0.6) is 0 Å². The number of carbonyl (C=O) groups is 1. The van der Waals surface area contributed by atoms with Crippen molar-refractivity contribution in [2.75, 3.05) is 0 Å². The summed E-state index contributed by atoms with van der Waals surface area (Å²) >= 11 is 0. The molecule has 0 aliphatic rings. The summed E-state index contributed by atoms with van der Waals surface area (Å²) in [6.45, 7) is 3.60. The molecule has 0 bridgehead atoms. The highest BCUT2D eigenvalue weighted by atomic mass is 16.3. The Morgan fingerprint density at radius 1 is 1.70 bits per heavy atom. The fourth-order valence-electron chi connectivity index (χ4n) is 0.705. The van der Waals surface area contributed by atoms with Gasteiger partial charge in [0.05, 0.1) is 12.1 Å². The highest BCUT2D eigenvalue weighted by molar-refractivity contribution is 5.44. The Bertz CT molecular complexity index is 95.7. The third-order valence-corrected chi connectivity index (χ3v) is 1.35. The van der Waals surface area contributed by atoms with Crippen LogP contribution in [0.2, 0.25) is 0 Å². The first-order chi connectivity index (χ1) is 4.72. The van der Waals surface area contributed by atoms with E-state index in [4.69, 9.17) is 5.11 Å². The second-order valence-electron chi connectivity index (χ2n) is 2.16. The van der Waals surface area contributed by atoms with E-state index in [9.17, 15) is 4.79 Å². The average Bonchev–Trinajstić information content (AvgIpc) is 1.89. The van der Waals surface area contributed by atoms with Crippen molar-refractivity contribution in [3.63, 3.8) is 0 Å². The van der Waals surface area contributed by atoms with E-state index in [-0.39, 0.29) is 6.04 Å². The number of hydrogen-bond acceptors (Lipinski definition) is 3. The fraction of sp³-hybridized carbons (Fsp3) is 0.833. The zero-order valence-corrected chi connectivity index (χ0v) is 6.29. The van der Waals surface area contributed by atoms with E-state index < -0.39 is 6.10 Å². The van der Waals surface area contributed by atoms with Crippen molar-refractivity contribution in [3.8, 4) is 0 Å². The number of carbonyl (C=O) groups excluding carboxylic acids is 1. The Morgan fingerprint density at radius 2 is 2.30 bits per heavy atom. The Kier molecular flexibility index (Phi) is 4.88. The molecule has 0 aromatic rings. The molecule has 0 rings (SSSR count). The molecule has 0 aromatic carbocycles. The van der Waals surface area contributed by atoms with Gasteiger partial charge in [0.2, 0.25) is 6.41 Å². The first-order valence-electron chi connectivity index (χ1n) is 3.35. The zero-order valence-electron chi connectivity index (χ0n) is 6.29. The van der Waals surface area contributed by atoms with Crippen molar-refractivity contribution in [2.24, 2.45) is 0 Å². The lowest BCUT2D eigenvalue weighted by Gasteiger charge is -2.18. The van der Waals surface area contributed by atoms with Crippen LogP contribution in [0.25, 0.3) is 0 Å². The number of aliphatic hydroxyl groups is 1. The summed E-state index contributed by atoms with van der Waals surface area (Å²) in [7, 11) is 0. The Labute approximate surface area is 60.6 Å². The van der Waals surface area contributed by atoms with Gasteiger partial charge in [0.25, 0.3) is 0 Å². The molecule has 60 valence electrons. The predicted molar refractivity (Wildman–Crippen MR) is 38.1 cm³/mol. The normalized spacial score (nSPS) is 15.9. The van der Waals surface area contributed by atoms with E-state index in [1.54, 1.807) is 6.92 Å². The van der Waals surface area contributed by atoms with Crippen molar-refractivity contribution >= 4 is 6.41 Å². The third-order valence-electron chi connectivity index (χ3n) is 1.35. The number of hydrazine groups is 1. The quantitative estimate of drug-likeness (QED) is 0.358. The summed E-state index contributed by atoms with van der Waals surface area (Å²) < 4.78 is 0. The predicted octanol–water partition coefficient (Wildman–Crippen LogP) is -0.604. The van der Waals surface area contributed by atoms with Gasteiger partial charge < -0.3 is 5.11 Å². The van der Waals surface area contributed by atoms with Gasteiger partial charge >= 0.3 is 0 Å².